The van der Waals surface area contributed by atoms with Crippen LogP contribution in [0, 0.1) is 49.3 Å². The van der Waals surface area contributed by atoms with Crippen LogP contribution in [0.1, 0.15) is 11.1 Å². The minimum Gasteiger partial charge on any atom is -0.490 e. The number of ether oxygens (including phenoxy) is 1. The lowest BCUT2D eigenvalue weighted by Gasteiger charge is -2.06. The van der Waals surface area contributed by atoms with Gasteiger partial charge in [-0.1, -0.05) is 6.07 Å². The summed E-state index contributed by atoms with van der Waals surface area (Å²) < 4.78 is 71.8. The van der Waals surface area contributed by atoms with Crippen molar-refractivity contribution in [3.8, 4) is 5.75 Å². The van der Waals surface area contributed by atoms with Crippen LogP contribution in [-0.2, 0) is 5.75 Å². The summed E-state index contributed by atoms with van der Waals surface area (Å²) in [6.45, 7) is 0. The van der Waals surface area contributed by atoms with Crippen LogP contribution in [0.25, 0.3) is 6.08 Å². The first-order valence-corrected chi connectivity index (χ1v) is 8.38. The number of nitrogens with zero attached hydrogens (tertiary/aromatic N) is 2. The summed E-state index contributed by atoms with van der Waals surface area (Å²) >= 11 is 0.371. The van der Waals surface area contributed by atoms with Crippen LogP contribution in [-0.4, -0.2) is 17.0 Å². The first-order valence-electron chi connectivity index (χ1n) is 7.40. The van der Waals surface area contributed by atoms with E-state index in [1.54, 1.807) is 0 Å². The number of benzene rings is 2. The van der Waals surface area contributed by atoms with E-state index < -0.39 is 55.2 Å². The number of rotatable bonds is 7. The Morgan fingerprint density at radius 2 is 1.59 bits per heavy atom. The van der Waals surface area contributed by atoms with E-state index >= 15 is 0 Å². The van der Waals surface area contributed by atoms with E-state index in [1.165, 1.54) is 19.2 Å². The largest absolute Gasteiger partial charge is 0.490 e. The molecule has 0 spiro atoms. The van der Waals surface area contributed by atoms with Gasteiger partial charge in [0.05, 0.1) is 22.5 Å². The molecule has 29 heavy (non-hydrogen) atoms. The van der Waals surface area contributed by atoms with Gasteiger partial charge in [0.2, 0.25) is 5.82 Å². The number of methoxy groups -OCH3 is 1. The molecular weight excluding hydrogens is 427 g/mol. The molecule has 0 fully saturated rings. The van der Waals surface area contributed by atoms with Crippen molar-refractivity contribution in [2.75, 3.05) is 7.11 Å². The van der Waals surface area contributed by atoms with Gasteiger partial charge in [-0.3, -0.25) is 20.2 Å². The molecule has 2 aromatic rings. The maximum Gasteiger partial charge on any atom is 0.311 e. The number of thioether (sulfide) groups is 1. The zero-order valence-corrected chi connectivity index (χ0v) is 15.1. The Balaban J connectivity index is 2.39. The normalized spacial score (nSPS) is 11.4. The summed E-state index contributed by atoms with van der Waals surface area (Å²) in [4.78, 5) is 20.3. The summed E-state index contributed by atoms with van der Waals surface area (Å²) in [5.74, 6) is -11.6. The topological polar surface area (TPSA) is 95.5 Å². The molecule has 2 rings (SSSR count). The number of nitro benzene ring substituents is 1. The molecule has 0 heterocycles. The molecule has 0 aliphatic carbocycles. The van der Waals surface area contributed by atoms with Gasteiger partial charge < -0.3 is 4.74 Å². The number of nitro groups is 2. The Hall–Kier alpha value is -3.22. The molecule has 0 amide bonds. The molecule has 0 atom stereocenters. The van der Waals surface area contributed by atoms with E-state index in [-0.39, 0.29) is 23.1 Å². The van der Waals surface area contributed by atoms with Gasteiger partial charge in [0.1, 0.15) is 0 Å². The molecule has 0 aliphatic rings. The summed E-state index contributed by atoms with van der Waals surface area (Å²) in [6.07, 6.45) is 0.207. The van der Waals surface area contributed by atoms with Crippen molar-refractivity contribution in [3.05, 3.63) is 83.7 Å². The first-order chi connectivity index (χ1) is 13.6. The van der Waals surface area contributed by atoms with Crippen molar-refractivity contribution >= 4 is 23.5 Å². The average molecular weight is 436 g/mol. The highest BCUT2D eigenvalue weighted by Gasteiger charge is 2.27. The molecule has 7 nitrogen and oxygen atoms in total. The van der Waals surface area contributed by atoms with Crippen molar-refractivity contribution in [2.45, 2.75) is 5.75 Å². The van der Waals surface area contributed by atoms with Crippen LogP contribution in [0.2, 0.25) is 0 Å². The zero-order valence-electron chi connectivity index (χ0n) is 14.3. The highest BCUT2D eigenvalue weighted by atomic mass is 32.2. The Labute approximate surface area is 163 Å². The highest BCUT2D eigenvalue weighted by molar-refractivity contribution is 8.02. The standard InChI is InChI=1S/C16H9F5N2O5S/c1-28-10-3-2-7(4-9(10)22(24)25)6-29-11(23(26)27)5-8-12(17)14(19)16(21)15(20)13(8)18/h2-5H,6H2,1H3/b11-5+. The van der Waals surface area contributed by atoms with Crippen LogP contribution in [0.3, 0.4) is 0 Å². The predicted octanol–water partition coefficient (Wildman–Crippen LogP) is 4.81. The highest BCUT2D eigenvalue weighted by Crippen LogP contribution is 2.32. The first kappa shape index (κ1) is 22.1. The third kappa shape index (κ3) is 4.62. The Morgan fingerprint density at radius 1 is 1.03 bits per heavy atom. The lowest BCUT2D eigenvalue weighted by Crippen LogP contribution is -2.05. The minimum absolute atomic E-state index is 0.0600. The Morgan fingerprint density at radius 3 is 2.07 bits per heavy atom. The molecular formula is C16H9F5N2O5S. The van der Waals surface area contributed by atoms with E-state index in [4.69, 9.17) is 4.74 Å². The van der Waals surface area contributed by atoms with E-state index in [2.05, 4.69) is 0 Å². The van der Waals surface area contributed by atoms with E-state index in [9.17, 15) is 42.2 Å². The maximum atomic E-state index is 13.7. The Kier molecular flexibility index (Phi) is 6.74. The van der Waals surface area contributed by atoms with Gasteiger partial charge in [0, 0.05) is 17.9 Å². The second-order valence-corrected chi connectivity index (χ2v) is 6.27. The fourth-order valence-corrected chi connectivity index (χ4v) is 2.95. The molecule has 2 aromatic carbocycles. The molecule has 0 unspecified atom stereocenters. The van der Waals surface area contributed by atoms with Crippen LogP contribution in [0.15, 0.2) is 23.2 Å². The summed E-state index contributed by atoms with van der Waals surface area (Å²) in [7, 11) is 1.20. The van der Waals surface area contributed by atoms with Crippen LogP contribution in [0.5, 0.6) is 5.75 Å². The second kappa shape index (κ2) is 8.86. The summed E-state index contributed by atoms with van der Waals surface area (Å²) in [5.41, 5.74) is -1.68. The molecule has 0 aromatic heterocycles. The van der Waals surface area contributed by atoms with E-state index in [1.807, 2.05) is 0 Å². The van der Waals surface area contributed by atoms with Gasteiger partial charge in [-0.05, 0) is 23.4 Å². The quantitative estimate of drug-likeness (QED) is 0.203. The lowest BCUT2D eigenvalue weighted by atomic mass is 10.1. The monoisotopic (exact) mass is 436 g/mol. The summed E-state index contributed by atoms with van der Waals surface area (Å²) in [6, 6.07) is 3.67. The van der Waals surface area contributed by atoms with Gasteiger partial charge in [0.25, 0.3) is 0 Å². The van der Waals surface area contributed by atoms with Crippen molar-refractivity contribution in [1.29, 1.82) is 0 Å². The number of halogens is 5. The van der Waals surface area contributed by atoms with Crippen molar-refractivity contribution in [2.24, 2.45) is 0 Å². The fourth-order valence-electron chi connectivity index (χ4n) is 2.14. The SMILES string of the molecule is COc1ccc(CS/C(=C/c2c(F)c(F)c(F)c(F)c2F)[N+](=O)[O-])cc1[N+](=O)[O-]. The van der Waals surface area contributed by atoms with E-state index in [0.717, 1.165) is 6.07 Å². The van der Waals surface area contributed by atoms with E-state index in [0.29, 0.717) is 11.8 Å². The van der Waals surface area contributed by atoms with Crippen molar-refractivity contribution in [1.82, 2.24) is 0 Å². The van der Waals surface area contributed by atoms with Crippen molar-refractivity contribution < 1.29 is 36.5 Å². The second-order valence-electron chi connectivity index (χ2n) is 5.28. The Bertz CT molecular complexity index is 1000. The smallest absolute Gasteiger partial charge is 0.311 e. The van der Waals surface area contributed by atoms with Crippen LogP contribution in [0.4, 0.5) is 27.6 Å². The average Bonchev–Trinajstić information content (AvgIpc) is 2.69. The van der Waals surface area contributed by atoms with Crippen molar-refractivity contribution in [3.63, 3.8) is 0 Å². The molecule has 0 radical (unpaired) electrons. The molecule has 0 bridgehead atoms. The third-order valence-corrected chi connectivity index (χ3v) is 4.56. The van der Waals surface area contributed by atoms with Gasteiger partial charge in [0.15, 0.2) is 29.0 Å². The van der Waals surface area contributed by atoms with Gasteiger partial charge in [-0.2, -0.15) is 0 Å². The third-order valence-electron chi connectivity index (χ3n) is 3.52. The maximum absolute atomic E-state index is 13.7. The summed E-state index contributed by atoms with van der Waals surface area (Å²) in [5, 5.41) is 21.2. The molecule has 0 aliphatic heterocycles. The molecule has 154 valence electrons. The lowest BCUT2D eigenvalue weighted by molar-refractivity contribution is -0.408. The molecule has 0 saturated heterocycles. The predicted molar refractivity (Wildman–Crippen MR) is 92.1 cm³/mol. The van der Waals surface area contributed by atoms with Crippen LogP contribution >= 0.6 is 11.8 Å². The van der Waals surface area contributed by atoms with Gasteiger partial charge in [-0.25, -0.2) is 22.0 Å². The zero-order chi connectivity index (χ0) is 21.9. The minimum atomic E-state index is -2.39. The molecule has 0 saturated carbocycles. The fraction of sp³-hybridized carbons (Fsp3) is 0.125. The van der Waals surface area contributed by atoms with Crippen LogP contribution < -0.4 is 4.74 Å². The van der Waals surface area contributed by atoms with Gasteiger partial charge >= 0.3 is 10.7 Å². The number of hydrogen-bond donors (Lipinski definition) is 0. The van der Waals surface area contributed by atoms with Gasteiger partial charge in [-0.15, -0.1) is 0 Å². The molecule has 0 N–H and O–H groups in total. The molecule has 13 heteroatoms. The number of hydrogen-bond acceptors (Lipinski definition) is 6.